The van der Waals surface area contributed by atoms with E-state index < -0.39 is 5.41 Å². The molecule has 0 spiro atoms. The molecular weight excluding hydrogens is 386 g/mol. The molecule has 3 rings (SSSR count). The van der Waals surface area contributed by atoms with Gasteiger partial charge in [-0.3, -0.25) is 4.79 Å². The van der Waals surface area contributed by atoms with Gasteiger partial charge in [-0.25, -0.2) is 4.79 Å². The van der Waals surface area contributed by atoms with E-state index in [4.69, 9.17) is 11.6 Å². The van der Waals surface area contributed by atoms with Gasteiger partial charge in [-0.2, -0.15) is 0 Å². The van der Waals surface area contributed by atoms with Crippen molar-refractivity contribution in [3.05, 3.63) is 59.1 Å². The average Bonchev–Trinajstić information content (AvgIpc) is 2.99. The molecule has 5 nitrogen and oxygen atoms in total. The van der Waals surface area contributed by atoms with E-state index >= 15 is 0 Å². The van der Waals surface area contributed by atoms with Gasteiger partial charge >= 0.3 is 6.03 Å². The quantitative estimate of drug-likeness (QED) is 0.678. The molecule has 0 saturated carbocycles. The normalized spacial score (nSPS) is 14.8. The van der Waals surface area contributed by atoms with Gasteiger partial charge in [0.15, 0.2) is 0 Å². The van der Waals surface area contributed by atoms with Crippen LogP contribution in [0.5, 0.6) is 0 Å². The van der Waals surface area contributed by atoms with Crippen LogP contribution in [0.4, 0.5) is 16.2 Å². The number of likely N-dealkylation sites (tertiary alicyclic amines) is 1. The van der Waals surface area contributed by atoms with Crippen LogP contribution in [0.15, 0.2) is 48.5 Å². The van der Waals surface area contributed by atoms with Crippen molar-refractivity contribution in [2.45, 2.75) is 44.9 Å². The molecule has 2 aromatic rings. The number of urea groups is 1. The largest absolute Gasteiger partial charge is 0.325 e. The number of rotatable bonds is 4. The Hall–Kier alpha value is -2.53. The van der Waals surface area contributed by atoms with Crippen molar-refractivity contribution < 1.29 is 9.59 Å². The first-order chi connectivity index (χ1) is 13.9. The molecule has 1 aliphatic rings. The van der Waals surface area contributed by atoms with Crippen LogP contribution in [0.3, 0.4) is 0 Å². The van der Waals surface area contributed by atoms with Crippen molar-refractivity contribution in [2.75, 3.05) is 23.7 Å². The van der Waals surface area contributed by atoms with Crippen molar-refractivity contribution in [2.24, 2.45) is 0 Å². The van der Waals surface area contributed by atoms with Crippen LogP contribution in [0, 0.1) is 0 Å². The molecule has 0 bridgehead atoms. The van der Waals surface area contributed by atoms with E-state index in [1.165, 1.54) is 12.8 Å². The Labute approximate surface area is 177 Å². The third-order valence-corrected chi connectivity index (χ3v) is 5.67. The van der Waals surface area contributed by atoms with Crippen LogP contribution in [0.25, 0.3) is 0 Å². The summed E-state index contributed by atoms with van der Waals surface area (Å²) in [5.41, 5.74) is 1.59. The molecule has 1 aliphatic heterocycles. The van der Waals surface area contributed by atoms with Crippen LogP contribution in [0.1, 0.15) is 45.1 Å². The highest BCUT2D eigenvalue weighted by atomic mass is 35.5. The lowest BCUT2D eigenvalue weighted by molar-refractivity contribution is -0.120. The van der Waals surface area contributed by atoms with Crippen LogP contribution in [0.2, 0.25) is 5.02 Å². The van der Waals surface area contributed by atoms with E-state index in [1.807, 2.05) is 30.9 Å². The average molecular weight is 414 g/mol. The number of anilines is 2. The predicted octanol–water partition coefficient (Wildman–Crippen LogP) is 5.66. The zero-order valence-electron chi connectivity index (χ0n) is 17.0. The van der Waals surface area contributed by atoms with Crippen LogP contribution in [-0.2, 0) is 10.2 Å². The fraction of sp³-hybridized carbons (Fsp3) is 0.391. The highest BCUT2D eigenvalue weighted by Crippen LogP contribution is 2.27. The molecule has 2 N–H and O–H groups in total. The van der Waals surface area contributed by atoms with Crippen LogP contribution in [-0.4, -0.2) is 29.9 Å². The molecule has 2 aromatic carbocycles. The van der Waals surface area contributed by atoms with Gasteiger partial charge < -0.3 is 15.5 Å². The number of benzene rings is 2. The van der Waals surface area contributed by atoms with E-state index in [9.17, 15) is 9.59 Å². The SMILES string of the molecule is CC(C)(C(=O)Nc1ccc(NC(=O)N2CCCCCC2)cc1)c1ccc(Cl)cc1. The van der Waals surface area contributed by atoms with Crippen molar-refractivity contribution in [3.63, 3.8) is 0 Å². The summed E-state index contributed by atoms with van der Waals surface area (Å²) in [5, 5.41) is 6.54. The Morgan fingerprint density at radius 2 is 1.34 bits per heavy atom. The summed E-state index contributed by atoms with van der Waals surface area (Å²) >= 11 is 5.95. The van der Waals surface area contributed by atoms with E-state index in [0.29, 0.717) is 16.4 Å². The molecule has 0 unspecified atom stereocenters. The predicted molar refractivity (Wildman–Crippen MR) is 119 cm³/mol. The summed E-state index contributed by atoms with van der Waals surface area (Å²) < 4.78 is 0. The Balaban J connectivity index is 1.60. The number of hydrogen-bond acceptors (Lipinski definition) is 2. The lowest BCUT2D eigenvalue weighted by atomic mass is 9.83. The van der Waals surface area contributed by atoms with E-state index in [-0.39, 0.29) is 11.9 Å². The third-order valence-electron chi connectivity index (χ3n) is 5.42. The van der Waals surface area contributed by atoms with E-state index in [0.717, 1.165) is 31.5 Å². The molecule has 1 heterocycles. The summed E-state index contributed by atoms with van der Waals surface area (Å²) in [5.74, 6) is -0.110. The van der Waals surface area contributed by atoms with Gasteiger partial charge in [0.2, 0.25) is 5.91 Å². The maximum atomic E-state index is 12.8. The molecule has 0 atom stereocenters. The number of amides is 3. The summed E-state index contributed by atoms with van der Waals surface area (Å²) in [7, 11) is 0. The maximum Gasteiger partial charge on any atom is 0.321 e. The minimum absolute atomic E-state index is 0.0624. The molecule has 3 amide bonds. The Bertz CT molecular complexity index is 839. The Morgan fingerprint density at radius 3 is 1.90 bits per heavy atom. The van der Waals surface area contributed by atoms with Gasteiger partial charge in [0, 0.05) is 29.5 Å². The number of carbonyl (C=O) groups is 2. The second kappa shape index (κ2) is 9.31. The molecule has 1 fully saturated rings. The van der Waals surface area contributed by atoms with E-state index in [2.05, 4.69) is 10.6 Å². The zero-order chi connectivity index (χ0) is 20.9. The van der Waals surface area contributed by atoms with Gasteiger partial charge in [-0.1, -0.05) is 36.6 Å². The number of hydrogen-bond donors (Lipinski definition) is 2. The second-order valence-electron chi connectivity index (χ2n) is 7.99. The van der Waals surface area contributed by atoms with Gasteiger partial charge in [0.25, 0.3) is 0 Å². The minimum Gasteiger partial charge on any atom is -0.325 e. The smallest absolute Gasteiger partial charge is 0.321 e. The fourth-order valence-corrected chi connectivity index (χ4v) is 3.52. The highest BCUT2D eigenvalue weighted by molar-refractivity contribution is 6.30. The van der Waals surface area contributed by atoms with E-state index in [1.54, 1.807) is 36.4 Å². The van der Waals surface area contributed by atoms with Crippen molar-refractivity contribution >= 4 is 34.9 Å². The fourth-order valence-electron chi connectivity index (χ4n) is 3.40. The van der Waals surface area contributed by atoms with Gasteiger partial charge in [-0.05, 0) is 68.7 Å². The van der Waals surface area contributed by atoms with Gasteiger partial charge in [0.05, 0.1) is 5.41 Å². The first-order valence-electron chi connectivity index (χ1n) is 10.1. The summed E-state index contributed by atoms with van der Waals surface area (Å²) in [6.45, 7) is 5.36. The van der Waals surface area contributed by atoms with Crippen molar-refractivity contribution in [1.82, 2.24) is 4.90 Å². The summed E-state index contributed by atoms with van der Waals surface area (Å²) in [4.78, 5) is 27.1. The van der Waals surface area contributed by atoms with Crippen LogP contribution >= 0.6 is 11.6 Å². The first kappa shape index (κ1) is 21.2. The zero-order valence-corrected chi connectivity index (χ0v) is 17.8. The minimum atomic E-state index is -0.704. The maximum absolute atomic E-state index is 12.8. The van der Waals surface area contributed by atoms with Crippen LogP contribution < -0.4 is 10.6 Å². The van der Waals surface area contributed by atoms with Crippen molar-refractivity contribution in [1.29, 1.82) is 0 Å². The lowest BCUT2D eigenvalue weighted by Crippen LogP contribution is -2.35. The Morgan fingerprint density at radius 1 is 0.828 bits per heavy atom. The highest BCUT2D eigenvalue weighted by Gasteiger charge is 2.29. The molecule has 154 valence electrons. The number of halogens is 1. The molecule has 0 radical (unpaired) electrons. The standard InChI is InChI=1S/C23H28ClN3O2/c1-23(2,17-7-9-18(24)10-8-17)21(28)25-19-11-13-20(14-12-19)26-22(29)27-15-5-3-4-6-16-27/h7-14H,3-6,15-16H2,1-2H3,(H,25,28)(H,26,29). The number of nitrogens with one attached hydrogen (secondary N) is 2. The second-order valence-corrected chi connectivity index (χ2v) is 8.43. The first-order valence-corrected chi connectivity index (χ1v) is 10.5. The van der Waals surface area contributed by atoms with Gasteiger partial charge in [0.1, 0.15) is 0 Å². The number of nitrogens with zero attached hydrogens (tertiary/aromatic N) is 1. The van der Waals surface area contributed by atoms with Crippen molar-refractivity contribution in [3.8, 4) is 0 Å². The monoisotopic (exact) mass is 413 g/mol. The molecule has 0 aromatic heterocycles. The molecule has 0 aliphatic carbocycles. The molecular formula is C23H28ClN3O2. The van der Waals surface area contributed by atoms with Gasteiger partial charge in [-0.15, -0.1) is 0 Å². The molecule has 29 heavy (non-hydrogen) atoms. The Kier molecular flexibility index (Phi) is 6.80. The topological polar surface area (TPSA) is 61.4 Å². The summed E-state index contributed by atoms with van der Waals surface area (Å²) in [6, 6.07) is 14.4. The number of carbonyl (C=O) groups excluding carboxylic acids is 2. The summed E-state index contributed by atoms with van der Waals surface area (Å²) in [6.07, 6.45) is 4.48. The molecule has 1 saturated heterocycles. The third kappa shape index (κ3) is 5.51. The molecule has 6 heteroatoms. The lowest BCUT2D eigenvalue weighted by Gasteiger charge is -2.24.